The molecule has 0 aromatic heterocycles. The molecule has 0 aliphatic heterocycles. The summed E-state index contributed by atoms with van der Waals surface area (Å²) in [7, 11) is 0. The Morgan fingerprint density at radius 1 is 1.33 bits per heavy atom. The van der Waals surface area contributed by atoms with Gasteiger partial charge in [-0.3, -0.25) is 4.79 Å². The average Bonchev–Trinajstić information content (AvgIpc) is 1.63. The van der Waals surface area contributed by atoms with Crippen LogP contribution in [0.15, 0.2) is 8.06 Å². The van der Waals surface area contributed by atoms with Gasteiger partial charge in [0.05, 0.1) is 0 Å². The van der Waals surface area contributed by atoms with Crippen LogP contribution in [-0.2, 0) is 9.53 Å². The fraction of sp³-hybridized carbons (Fsp3) is 0.250. The second-order valence-corrected chi connectivity index (χ2v) is 4.50. The van der Waals surface area contributed by atoms with E-state index in [4.69, 9.17) is 0 Å². The fourth-order valence-electron chi connectivity index (χ4n) is 0.165. The van der Waals surface area contributed by atoms with E-state index in [9.17, 15) is 4.79 Å². The van der Waals surface area contributed by atoms with Crippen LogP contribution in [0.4, 0.5) is 0 Å². The molecule has 0 radical (unpaired) electrons. The summed E-state index contributed by atoms with van der Waals surface area (Å²) in [5.41, 5.74) is 0. The van der Waals surface area contributed by atoms with Crippen molar-refractivity contribution in [3.63, 3.8) is 0 Å². The summed E-state index contributed by atoms with van der Waals surface area (Å²) in [5.74, 6) is -0.363. The highest BCUT2D eigenvalue weighted by molar-refractivity contribution is 9.29. The second kappa shape index (κ2) is 4.46. The van der Waals surface area contributed by atoms with Crippen LogP contribution < -0.4 is 0 Å². The molecule has 0 saturated carbocycles. The summed E-state index contributed by atoms with van der Waals surface area (Å²) in [4.78, 5) is 10.2. The molecule has 0 aliphatic rings. The molecule has 0 aliphatic carbocycles. The lowest BCUT2D eigenvalue weighted by atomic mass is 10.8. The van der Waals surface area contributed by atoms with Gasteiger partial charge < -0.3 is 4.74 Å². The molecule has 0 spiro atoms. The number of halogens is 3. The number of hydrogen-bond acceptors (Lipinski definition) is 2. The quantitative estimate of drug-likeness (QED) is 0.548. The zero-order valence-corrected chi connectivity index (χ0v) is 9.21. The molecule has 0 aromatic carbocycles. The van der Waals surface area contributed by atoms with Gasteiger partial charge in [-0.1, -0.05) is 0 Å². The van der Waals surface area contributed by atoms with Crippen LogP contribution in [0.3, 0.4) is 0 Å². The van der Waals surface area contributed by atoms with Crippen LogP contribution >= 0.6 is 47.8 Å². The molecular formula is C4H3Br3O2. The number of rotatable bonds is 1. The van der Waals surface area contributed by atoms with Crippen molar-refractivity contribution < 1.29 is 9.53 Å². The van der Waals surface area contributed by atoms with Crippen LogP contribution in [-0.4, -0.2) is 5.97 Å². The Morgan fingerprint density at radius 2 is 1.78 bits per heavy atom. The Kier molecular flexibility index (Phi) is 4.79. The lowest BCUT2D eigenvalue weighted by molar-refractivity contribution is -0.135. The van der Waals surface area contributed by atoms with E-state index in [0.29, 0.717) is 8.06 Å². The average molecular weight is 323 g/mol. The monoisotopic (exact) mass is 320 g/mol. The molecular weight excluding hydrogens is 320 g/mol. The minimum absolute atomic E-state index is 0.343. The van der Waals surface area contributed by atoms with Gasteiger partial charge in [0.1, 0.15) is 3.39 Å². The smallest absolute Gasteiger partial charge is 0.308 e. The Bertz CT molecular complexity index is 148. The Hall–Kier alpha value is 0.650. The lowest BCUT2D eigenvalue weighted by Gasteiger charge is -1.96. The van der Waals surface area contributed by atoms with Gasteiger partial charge in [0, 0.05) is 6.92 Å². The molecule has 0 atom stereocenters. The van der Waals surface area contributed by atoms with Crippen LogP contribution in [0.25, 0.3) is 0 Å². The van der Waals surface area contributed by atoms with Crippen molar-refractivity contribution in [3.05, 3.63) is 8.06 Å². The van der Waals surface area contributed by atoms with Gasteiger partial charge in [-0.2, -0.15) is 0 Å². The fourth-order valence-corrected chi connectivity index (χ4v) is 0.555. The third kappa shape index (κ3) is 5.11. The maximum atomic E-state index is 10.2. The van der Waals surface area contributed by atoms with Crippen LogP contribution in [0.2, 0.25) is 0 Å². The van der Waals surface area contributed by atoms with Gasteiger partial charge in [0.25, 0.3) is 0 Å². The van der Waals surface area contributed by atoms with Crippen molar-refractivity contribution in [1.82, 2.24) is 0 Å². The first-order valence-corrected chi connectivity index (χ1v) is 4.31. The standard InChI is InChI=1S/C4H3Br3O2/c1-2(8)9-4(7)3(5)6/h1H3. The zero-order valence-electron chi connectivity index (χ0n) is 4.45. The van der Waals surface area contributed by atoms with Crippen molar-refractivity contribution in [2.45, 2.75) is 6.92 Å². The van der Waals surface area contributed by atoms with E-state index in [0.717, 1.165) is 0 Å². The molecule has 0 saturated heterocycles. The largest absolute Gasteiger partial charge is 0.417 e. The van der Waals surface area contributed by atoms with Gasteiger partial charge in [0.2, 0.25) is 0 Å². The van der Waals surface area contributed by atoms with E-state index in [1.165, 1.54) is 6.92 Å². The van der Waals surface area contributed by atoms with E-state index in [1.807, 2.05) is 0 Å². The Morgan fingerprint density at radius 3 is 1.89 bits per heavy atom. The van der Waals surface area contributed by atoms with Gasteiger partial charge >= 0.3 is 5.97 Å². The number of ether oxygens (including phenoxy) is 1. The normalized spacial score (nSPS) is 8.44. The second-order valence-electron chi connectivity index (χ2n) is 1.13. The highest BCUT2D eigenvalue weighted by Gasteiger charge is 2.00. The minimum Gasteiger partial charge on any atom is -0.417 e. The van der Waals surface area contributed by atoms with Gasteiger partial charge in [-0.25, -0.2) is 0 Å². The summed E-state index contributed by atoms with van der Waals surface area (Å²) in [5, 5.41) is 0. The van der Waals surface area contributed by atoms with Gasteiger partial charge in [-0.05, 0) is 47.8 Å². The van der Waals surface area contributed by atoms with Crippen molar-refractivity contribution in [3.8, 4) is 0 Å². The zero-order chi connectivity index (χ0) is 7.44. The summed E-state index contributed by atoms with van der Waals surface area (Å²) in [6.07, 6.45) is 0. The van der Waals surface area contributed by atoms with Gasteiger partial charge in [0.15, 0.2) is 4.67 Å². The van der Waals surface area contributed by atoms with E-state index < -0.39 is 0 Å². The summed E-state index contributed by atoms with van der Waals surface area (Å²) >= 11 is 9.07. The molecule has 52 valence electrons. The third-order valence-electron chi connectivity index (χ3n) is 0.382. The topological polar surface area (TPSA) is 26.3 Å². The summed E-state index contributed by atoms with van der Waals surface area (Å²) < 4.78 is 5.49. The molecule has 0 heterocycles. The van der Waals surface area contributed by atoms with Crippen molar-refractivity contribution in [2.75, 3.05) is 0 Å². The molecule has 0 bridgehead atoms. The molecule has 0 amide bonds. The maximum absolute atomic E-state index is 10.2. The van der Waals surface area contributed by atoms with Crippen LogP contribution in [0, 0.1) is 0 Å². The predicted octanol–water partition coefficient (Wildman–Crippen LogP) is 2.86. The molecule has 0 fully saturated rings. The first kappa shape index (κ1) is 9.65. The molecule has 5 heteroatoms. The highest BCUT2D eigenvalue weighted by atomic mass is 79.9. The first-order chi connectivity index (χ1) is 4.04. The number of hydrogen-bond donors (Lipinski definition) is 0. The SMILES string of the molecule is CC(=O)OC(Br)=C(Br)Br. The van der Waals surface area contributed by atoms with Crippen molar-refractivity contribution in [1.29, 1.82) is 0 Å². The molecule has 0 N–H and O–H groups in total. The third-order valence-corrected chi connectivity index (χ3v) is 2.72. The van der Waals surface area contributed by atoms with Crippen LogP contribution in [0.5, 0.6) is 0 Å². The highest BCUT2D eigenvalue weighted by Crippen LogP contribution is 2.24. The molecule has 9 heavy (non-hydrogen) atoms. The molecule has 0 aromatic rings. The van der Waals surface area contributed by atoms with Crippen molar-refractivity contribution >= 4 is 53.8 Å². The predicted molar refractivity (Wildman–Crippen MR) is 45.6 cm³/mol. The minimum atomic E-state index is -0.363. The Balaban J connectivity index is 3.92. The number of carbonyl (C=O) groups is 1. The van der Waals surface area contributed by atoms with Crippen molar-refractivity contribution in [2.24, 2.45) is 0 Å². The van der Waals surface area contributed by atoms with Gasteiger partial charge in [-0.15, -0.1) is 0 Å². The molecule has 2 nitrogen and oxygen atoms in total. The molecule has 0 unspecified atom stereocenters. The van der Waals surface area contributed by atoms with E-state index in [2.05, 4.69) is 52.5 Å². The number of esters is 1. The Labute approximate surface area is 78.0 Å². The maximum Gasteiger partial charge on any atom is 0.308 e. The van der Waals surface area contributed by atoms with E-state index in [1.54, 1.807) is 0 Å². The summed E-state index contributed by atoms with van der Waals surface area (Å²) in [6.45, 7) is 1.32. The molecule has 0 rings (SSSR count). The lowest BCUT2D eigenvalue weighted by Crippen LogP contribution is -1.93. The number of carbonyl (C=O) groups excluding carboxylic acids is 1. The summed E-state index contributed by atoms with van der Waals surface area (Å²) in [6, 6.07) is 0. The first-order valence-electron chi connectivity index (χ1n) is 1.93. The van der Waals surface area contributed by atoms with Crippen LogP contribution in [0.1, 0.15) is 6.92 Å². The van der Waals surface area contributed by atoms with E-state index in [-0.39, 0.29) is 5.97 Å². The van der Waals surface area contributed by atoms with E-state index >= 15 is 0 Å².